The Labute approximate surface area is 173 Å². The fourth-order valence-electron chi connectivity index (χ4n) is 4.40. The molecule has 0 radical (unpaired) electrons. The Balaban J connectivity index is 1.35. The van der Waals surface area contributed by atoms with Crippen LogP contribution in [0.25, 0.3) is 0 Å². The quantitative estimate of drug-likeness (QED) is 0.709. The minimum Gasteiger partial charge on any atom is -0.384 e. The third-order valence-electron chi connectivity index (χ3n) is 6.31. The lowest BCUT2D eigenvalue weighted by atomic mass is 9.79. The van der Waals surface area contributed by atoms with E-state index in [0.717, 1.165) is 25.8 Å². The molecule has 1 aromatic carbocycles. The van der Waals surface area contributed by atoms with Crippen LogP contribution in [-0.4, -0.2) is 61.9 Å². The summed E-state index contributed by atoms with van der Waals surface area (Å²) >= 11 is 0. The monoisotopic (exact) mass is 418 g/mol. The van der Waals surface area contributed by atoms with Gasteiger partial charge in [0.15, 0.2) is 0 Å². The van der Waals surface area contributed by atoms with Crippen molar-refractivity contribution in [3.8, 4) is 0 Å². The Hall–Kier alpha value is -1.74. The van der Waals surface area contributed by atoms with E-state index in [0.29, 0.717) is 31.7 Å². The number of piperidine rings is 1. The van der Waals surface area contributed by atoms with Crippen LogP contribution in [0.3, 0.4) is 0 Å². The standard InChI is InChI=1S/C21H30N4O3S/c1-24-14-18(13-23-24)29(26,27)25-10-8-21(9-11-25,16-28-2)15-22-20-12-19(20)17-6-4-3-5-7-17/h3-7,13-14,19-20,22H,8-12,15-16H2,1-2H3/t19-,20+/m0/s1. The minimum absolute atomic E-state index is 0.0282. The number of methoxy groups -OCH3 is 1. The van der Waals surface area contributed by atoms with Gasteiger partial charge in [-0.05, 0) is 24.8 Å². The Morgan fingerprint density at radius 3 is 2.59 bits per heavy atom. The number of hydrogen-bond donors (Lipinski definition) is 1. The number of nitrogens with zero attached hydrogens (tertiary/aromatic N) is 3. The van der Waals surface area contributed by atoms with Crippen molar-refractivity contribution >= 4 is 10.0 Å². The Morgan fingerprint density at radius 1 is 1.24 bits per heavy atom. The summed E-state index contributed by atoms with van der Waals surface area (Å²) in [5.74, 6) is 0.585. The fraction of sp³-hybridized carbons (Fsp3) is 0.571. The van der Waals surface area contributed by atoms with Gasteiger partial charge in [-0.2, -0.15) is 9.40 Å². The molecule has 4 rings (SSSR count). The molecule has 0 amide bonds. The summed E-state index contributed by atoms with van der Waals surface area (Å²) in [6, 6.07) is 11.1. The summed E-state index contributed by atoms with van der Waals surface area (Å²) in [7, 11) is -0.0274. The fourth-order valence-corrected chi connectivity index (χ4v) is 5.82. The summed E-state index contributed by atoms with van der Waals surface area (Å²) in [6.45, 7) is 2.52. The van der Waals surface area contributed by atoms with E-state index in [4.69, 9.17) is 4.74 Å². The molecule has 0 spiro atoms. The van der Waals surface area contributed by atoms with Crippen LogP contribution in [0, 0.1) is 5.41 Å². The zero-order valence-electron chi connectivity index (χ0n) is 17.1. The van der Waals surface area contributed by atoms with E-state index in [9.17, 15) is 8.42 Å². The lowest BCUT2D eigenvalue weighted by Crippen LogP contribution is -2.49. The minimum atomic E-state index is -3.48. The van der Waals surface area contributed by atoms with Crippen LogP contribution in [-0.2, 0) is 21.8 Å². The first-order valence-electron chi connectivity index (χ1n) is 10.2. The molecular weight excluding hydrogens is 388 g/mol. The molecule has 2 heterocycles. The molecular formula is C21H30N4O3S. The molecule has 0 bridgehead atoms. The van der Waals surface area contributed by atoms with E-state index < -0.39 is 10.0 Å². The van der Waals surface area contributed by atoms with Gasteiger partial charge in [0.25, 0.3) is 0 Å². The van der Waals surface area contributed by atoms with Crippen LogP contribution in [0.5, 0.6) is 0 Å². The lowest BCUT2D eigenvalue weighted by Gasteiger charge is -2.41. The highest BCUT2D eigenvalue weighted by molar-refractivity contribution is 7.89. The predicted molar refractivity (Wildman–Crippen MR) is 111 cm³/mol. The van der Waals surface area contributed by atoms with Crippen LogP contribution in [0.1, 0.15) is 30.7 Å². The summed E-state index contributed by atoms with van der Waals surface area (Å²) < 4.78 is 34.4. The highest BCUT2D eigenvalue weighted by Gasteiger charge is 2.43. The van der Waals surface area contributed by atoms with Crippen molar-refractivity contribution in [3.63, 3.8) is 0 Å². The number of sulfonamides is 1. The van der Waals surface area contributed by atoms with Gasteiger partial charge in [0.1, 0.15) is 4.90 Å². The second kappa shape index (κ2) is 8.18. The van der Waals surface area contributed by atoms with Crippen molar-refractivity contribution in [1.29, 1.82) is 0 Å². The van der Waals surface area contributed by atoms with Gasteiger partial charge in [-0.1, -0.05) is 30.3 Å². The molecule has 1 saturated heterocycles. The summed E-state index contributed by atoms with van der Waals surface area (Å²) in [4.78, 5) is 0.265. The summed E-state index contributed by atoms with van der Waals surface area (Å²) in [5.41, 5.74) is 1.36. The highest BCUT2D eigenvalue weighted by atomic mass is 32.2. The van der Waals surface area contributed by atoms with Crippen LogP contribution >= 0.6 is 0 Å². The number of nitrogens with one attached hydrogen (secondary N) is 1. The highest BCUT2D eigenvalue weighted by Crippen LogP contribution is 2.42. The number of hydrogen-bond acceptors (Lipinski definition) is 5. The van der Waals surface area contributed by atoms with Gasteiger partial charge in [-0.15, -0.1) is 0 Å². The van der Waals surface area contributed by atoms with E-state index in [1.807, 2.05) is 0 Å². The van der Waals surface area contributed by atoms with E-state index >= 15 is 0 Å². The SMILES string of the molecule is COCC1(CN[C@@H]2C[C@H]2c2ccccc2)CCN(S(=O)(=O)c2cnn(C)c2)CC1. The molecule has 1 N–H and O–H groups in total. The topological polar surface area (TPSA) is 76.5 Å². The van der Waals surface area contributed by atoms with Crippen molar-refractivity contribution in [3.05, 3.63) is 48.3 Å². The first kappa shape index (κ1) is 20.5. The van der Waals surface area contributed by atoms with Crippen LogP contribution in [0.2, 0.25) is 0 Å². The van der Waals surface area contributed by atoms with Gasteiger partial charge in [0.2, 0.25) is 10.0 Å². The van der Waals surface area contributed by atoms with E-state index in [1.54, 1.807) is 24.7 Å². The second-order valence-electron chi connectivity index (χ2n) is 8.43. The Kier molecular flexibility index (Phi) is 5.79. The van der Waals surface area contributed by atoms with Crippen molar-refractivity contribution < 1.29 is 13.2 Å². The molecule has 0 unspecified atom stereocenters. The Morgan fingerprint density at radius 2 is 1.97 bits per heavy atom. The van der Waals surface area contributed by atoms with Gasteiger partial charge in [-0.25, -0.2) is 8.42 Å². The number of benzene rings is 1. The molecule has 7 nitrogen and oxygen atoms in total. The van der Waals surface area contributed by atoms with Crippen LogP contribution < -0.4 is 5.32 Å². The maximum atomic E-state index is 12.9. The normalized spacial score (nSPS) is 24.5. The van der Waals surface area contributed by atoms with Crippen molar-refractivity contribution in [2.75, 3.05) is 33.4 Å². The molecule has 29 heavy (non-hydrogen) atoms. The average Bonchev–Trinajstić information content (AvgIpc) is 3.38. The molecule has 2 aliphatic rings. The zero-order valence-corrected chi connectivity index (χ0v) is 17.9. The third-order valence-corrected chi connectivity index (χ3v) is 8.16. The maximum Gasteiger partial charge on any atom is 0.246 e. The number of rotatable bonds is 8. The van der Waals surface area contributed by atoms with E-state index in [1.165, 1.54) is 16.4 Å². The predicted octanol–water partition coefficient (Wildman–Crippen LogP) is 1.98. The first-order valence-corrected chi connectivity index (χ1v) is 11.6. The van der Waals surface area contributed by atoms with Gasteiger partial charge in [-0.3, -0.25) is 4.68 Å². The number of aryl methyl sites for hydroxylation is 1. The lowest BCUT2D eigenvalue weighted by molar-refractivity contribution is 0.0387. The van der Waals surface area contributed by atoms with Gasteiger partial charge in [0, 0.05) is 57.4 Å². The molecule has 2 fully saturated rings. The van der Waals surface area contributed by atoms with Crippen molar-refractivity contribution in [1.82, 2.24) is 19.4 Å². The van der Waals surface area contributed by atoms with Gasteiger partial charge in [0.05, 0.1) is 12.8 Å². The Bertz CT molecular complexity index is 920. The smallest absolute Gasteiger partial charge is 0.246 e. The molecule has 8 heteroatoms. The van der Waals surface area contributed by atoms with E-state index in [2.05, 4.69) is 40.7 Å². The van der Waals surface area contributed by atoms with Gasteiger partial charge < -0.3 is 10.1 Å². The molecule has 1 aliphatic carbocycles. The largest absolute Gasteiger partial charge is 0.384 e. The molecule has 158 valence electrons. The molecule has 1 aromatic heterocycles. The summed E-state index contributed by atoms with van der Waals surface area (Å²) in [6.07, 6.45) is 5.72. The summed E-state index contributed by atoms with van der Waals surface area (Å²) in [5, 5.41) is 7.73. The van der Waals surface area contributed by atoms with E-state index in [-0.39, 0.29) is 10.3 Å². The van der Waals surface area contributed by atoms with Crippen LogP contribution in [0.15, 0.2) is 47.6 Å². The second-order valence-corrected chi connectivity index (χ2v) is 10.4. The van der Waals surface area contributed by atoms with Crippen LogP contribution in [0.4, 0.5) is 0 Å². The van der Waals surface area contributed by atoms with Gasteiger partial charge >= 0.3 is 0 Å². The van der Waals surface area contributed by atoms with Crippen molar-refractivity contribution in [2.24, 2.45) is 12.5 Å². The maximum absolute atomic E-state index is 12.9. The third kappa shape index (κ3) is 4.40. The zero-order chi connectivity index (χ0) is 20.5. The molecule has 1 saturated carbocycles. The van der Waals surface area contributed by atoms with Crippen molar-refractivity contribution in [2.45, 2.75) is 36.1 Å². The first-order chi connectivity index (χ1) is 13.9. The average molecular weight is 419 g/mol. The number of aromatic nitrogens is 2. The molecule has 2 aromatic rings. The molecule has 2 atom stereocenters. The number of ether oxygens (including phenoxy) is 1. The molecule has 1 aliphatic heterocycles.